The lowest BCUT2D eigenvalue weighted by Crippen LogP contribution is -2.09. The van der Waals surface area contributed by atoms with Gasteiger partial charge in [0.15, 0.2) is 5.82 Å². The van der Waals surface area contributed by atoms with E-state index in [1.165, 1.54) is 11.1 Å². The molecule has 0 bridgehead atoms. The number of hydrogen-bond acceptors (Lipinski definition) is 4. The Kier molecular flexibility index (Phi) is 4.61. The number of rotatable bonds is 6. The SMILES string of the molecule is CCc1c(N)nnn1CCCOc1cc(C)cc(C)c1. The summed E-state index contributed by atoms with van der Waals surface area (Å²) in [5.74, 6) is 1.46. The maximum Gasteiger partial charge on any atom is 0.169 e. The molecule has 20 heavy (non-hydrogen) atoms. The quantitative estimate of drug-likeness (QED) is 0.822. The number of aryl methyl sites for hydroxylation is 3. The lowest BCUT2D eigenvalue weighted by Gasteiger charge is -2.09. The molecule has 2 aromatic rings. The fourth-order valence-corrected chi connectivity index (χ4v) is 2.31. The first-order valence-corrected chi connectivity index (χ1v) is 6.99. The monoisotopic (exact) mass is 274 g/mol. The van der Waals surface area contributed by atoms with Crippen LogP contribution in [-0.4, -0.2) is 21.6 Å². The van der Waals surface area contributed by atoms with E-state index in [1.807, 2.05) is 4.68 Å². The number of aromatic nitrogens is 3. The molecule has 1 heterocycles. The highest BCUT2D eigenvalue weighted by atomic mass is 16.5. The number of hydrogen-bond donors (Lipinski definition) is 1. The van der Waals surface area contributed by atoms with E-state index in [2.05, 4.69) is 49.3 Å². The van der Waals surface area contributed by atoms with E-state index < -0.39 is 0 Å². The molecule has 2 N–H and O–H groups in total. The second kappa shape index (κ2) is 6.41. The van der Waals surface area contributed by atoms with Crippen LogP contribution in [0, 0.1) is 13.8 Å². The zero-order valence-corrected chi connectivity index (χ0v) is 12.4. The zero-order valence-electron chi connectivity index (χ0n) is 12.4. The van der Waals surface area contributed by atoms with E-state index >= 15 is 0 Å². The summed E-state index contributed by atoms with van der Waals surface area (Å²) >= 11 is 0. The number of benzene rings is 1. The summed E-state index contributed by atoms with van der Waals surface area (Å²) in [5.41, 5.74) is 9.19. The minimum atomic E-state index is 0.530. The Bertz CT molecular complexity index is 557. The second-order valence-corrected chi connectivity index (χ2v) is 5.02. The van der Waals surface area contributed by atoms with Crippen molar-refractivity contribution < 1.29 is 4.74 Å². The van der Waals surface area contributed by atoms with Crippen LogP contribution in [0.2, 0.25) is 0 Å². The summed E-state index contributed by atoms with van der Waals surface area (Å²) < 4.78 is 7.64. The molecule has 0 aliphatic heterocycles. The highest BCUT2D eigenvalue weighted by molar-refractivity contribution is 5.33. The van der Waals surface area contributed by atoms with Crippen molar-refractivity contribution in [1.82, 2.24) is 15.0 Å². The van der Waals surface area contributed by atoms with Crippen molar-refractivity contribution in [2.45, 2.75) is 40.2 Å². The van der Waals surface area contributed by atoms with Gasteiger partial charge >= 0.3 is 0 Å². The molecule has 108 valence electrons. The highest BCUT2D eigenvalue weighted by Crippen LogP contribution is 2.16. The van der Waals surface area contributed by atoms with Gasteiger partial charge in [0.25, 0.3) is 0 Å². The standard InChI is InChI=1S/C15H22N4O/c1-4-14-15(16)17-18-19(14)6-5-7-20-13-9-11(2)8-12(3)10-13/h8-10H,4-7,16H2,1-3H3. The van der Waals surface area contributed by atoms with E-state index in [9.17, 15) is 0 Å². The summed E-state index contributed by atoms with van der Waals surface area (Å²) in [6, 6.07) is 6.24. The van der Waals surface area contributed by atoms with Crippen molar-refractivity contribution >= 4 is 5.82 Å². The van der Waals surface area contributed by atoms with Crippen molar-refractivity contribution in [3.8, 4) is 5.75 Å². The van der Waals surface area contributed by atoms with Crippen molar-refractivity contribution in [3.05, 3.63) is 35.0 Å². The number of ether oxygens (including phenoxy) is 1. The van der Waals surface area contributed by atoms with Gasteiger partial charge in [-0.2, -0.15) is 0 Å². The average molecular weight is 274 g/mol. The van der Waals surface area contributed by atoms with Crippen LogP contribution in [-0.2, 0) is 13.0 Å². The zero-order chi connectivity index (χ0) is 14.5. The van der Waals surface area contributed by atoms with E-state index in [1.54, 1.807) is 0 Å². The molecule has 0 aliphatic carbocycles. The molecule has 5 heteroatoms. The first-order valence-electron chi connectivity index (χ1n) is 6.99. The molecule has 0 saturated heterocycles. The van der Waals surface area contributed by atoms with Crippen molar-refractivity contribution in [3.63, 3.8) is 0 Å². The van der Waals surface area contributed by atoms with Crippen LogP contribution in [0.5, 0.6) is 5.75 Å². The van der Waals surface area contributed by atoms with Crippen LogP contribution >= 0.6 is 0 Å². The van der Waals surface area contributed by atoms with E-state index in [4.69, 9.17) is 10.5 Å². The molecular weight excluding hydrogens is 252 g/mol. The van der Waals surface area contributed by atoms with Gasteiger partial charge < -0.3 is 10.5 Å². The Morgan fingerprint density at radius 2 is 1.90 bits per heavy atom. The van der Waals surface area contributed by atoms with Gasteiger partial charge in [0, 0.05) is 13.0 Å². The first-order chi connectivity index (χ1) is 9.60. The molecule has 0 spiro atoms. The van der Waals surface area contributed by atoms with Crippen LogP contribution in [0.4, 0.5) is 5.82 Å². The minimum absolute atomic E-state index is 0.530. The average Bonchev–Trinajstić information content (AvgIpc) is 2.74. The van der Waals surface area contributed by atoms with E-state index in [-0.39, 0.29) is 0 Å². The largest absolute Gasteiger partial charge is 0.494 e. The summed E-state index contributed by atoms with van der Waals surface area (Å²) in [4.78, 5) is 0. The third kappa shape index (κ3) is 3.50. The Labute approximate surface area is 119 Å². The van der Waals surface area contributed by atoms with Gasteiger partial charge in [0.05, 0.1) is 12.3 Å². The molecule has 1 aromatic heterocycles. The highest BCUT2D eigenvalue weighted by Gasteiger charge is 2.07. The molecule has 1 aromatic carbocycles. The van der Waals surface area contributed by atoms with Gasteiger partial charge in [-0.05, 0) is 43.5 Å². The molecule has 0 atom stereocenters. The van der Waals surface area contributed by atoms with Gasteiger partial charge in [0.1, 0.15) is 5.75 Å². The summed E-state index contributed by atoms with van der Waals surface area (Å²) in [6.07, 6.45) is 1.72. The fourth-order valence-electron chi connectivity index (χ4n) is 2.31. The molecule has 0 aliphatic rings. The minimum Gasteiger partial charge on any atom is -0.494 e. The molecule has 0 fully saturated rings. The van der Waals surface area contributed by atoms with Gasteiger partial charge in [-0.25, -0.2) is 4.68 Å². The molecular formula is C15H22N4O. The number of nitrogens with two attached hydrogens (primary N) is 1. The third-order valence-electron chi connectivity index (χ3n) is 3.18. The van der Waals surface area contributed by atoms with Crippen LogP contribution in [0.1, 0.15) is 30.2 Å². The second-order valence-electron chi connectivity index (χ2n) is 5.02. The lowest BCUT2D eigenvalue weighted by atomic mass is 10.1. The van der Waals surface area contributed by atoms with Crippen LogP contribution in [0.15, 0.2) is 18.2 Å². The van der Waals surface area contributed by atoms with Gasteiger partial charge in [-0.15, -0.1) is 5.10 Å². The number of nitrogens with zero attached hydrogens (tertiary/aromatic N) is 3. The maximum absolute atomic E-state index is 5.78. The van der Waals surface area contributed by atoms with Crippen molar-refractivity contribution in [2.24, 2.45) is 0 Å². The topological polar surface area (TPSA) is 66.0 Å². The molecule has 0 radical (unpaired) electrons. The van der Waals surface area contributed by atoms with Crippen LogP contribution < -0.4 is 10.5 Å². The number of nitrogen functional groups attached to an aromatic ring is 1. The third-order valence-corrected chi connectivity index (χ3v) is 3.18. The van der Waals surface area contributed by atoms with Gasteiger partial charge in [0.2, 0.25) is 0 Å². The summed E-state index contributed by atoms with van der Waals surface area (Å²) in [6.45, 7) is 7.64. The molecule has 0 amide bonds. The summed E-state index contributed by atoms with van der Waals surface area (Å²) in [5, 5.41) is 7.94. The fraction of sp³-hybridized carbons (Fsp3) is 0.467. The Morgan fingerprint density at radius 1 is 1.20 bits per heavy atom. The summed E-state index contributed by atoms with van der Waals surface area (Å²) in [7, 11) is 0. The van der Waals surface area contributed by atoms with E-state index in [0.717, 1.165) is 30.8 Å². The maximum atomic E-state index is 5.78. The Balaban J connectivity index is 1.84. The predicted octanol–water partition coefficient (Wildman–Crippen LogP) is 2.51. The van der Waals surface area contributed by atoms with Crippen LogP contribution in [0.25, 0.3) is 0 Å². The molecule has 2 rings (SSSR count). The van der Waals surface area contributed by atoms with E-state index in [0.29, 0.717) is 12.4 Å². The van der Waals surface area contributed by atoms with Crippen LogP contribution in [0.3, 0.4) is 0 Å². The van der Waals surface area contributed by atoms with Crippen molar-refractivity contribution in [2.75, 3.05) is 12.3 Å². The Hall–Kier alpha value is -2.04. The molecule has 0 unspecified atom stereocenters. The molecule has 0 saturated carbocycles. The van der Waals surface area contributed by atoms with Gasteiger partial charge in [-0.3, -0.25) is 0 Å². The van der Waals surface area contributed by atoms with Crippen molar-refractivity contribution in [1.29, 1.82) is 0 Å². The Morgan fingerprint density at radius 3 is 2.55 bits per heavy atom. The smallest absolute Gasteiger partial charge is 0.169 e. The lowest BCUT2D eigenvalue weighted by molar-refractivity contribution is 0.296. The van der Waals surface area contributed by atoms with Gasteiger partial charge in [-0.1, -0.05) is 18.2 Å². The number of anilines is 1. The molecule has 5 nitrogen and oxygen atoms in total. The first kappa shape index (κ1) is 14.4. The predicted molar refractivity (Wildman–Crippen MR) is 79.8 cm³/mol. The normalized spacial score (nSPS) is 10.8.